The van der Waals surface area contributed by atoms with Crippen molar-refractivity contribution in [3.05, 3.63) is 41.0 Å². The van der Waals surface area contributed by atoms with Crippen LogP contribution >= 0.6 is 0 Å². The molecule has 0 radical (unpaired) electrons. The maximum Gasteiger partial charge on any atom is 0.354 e. The molecule has 0 saturated carbocycles. The summed E-state index contributed by atoms with van der Waals surface area (Å²) in [6.07, 6.45) is 0. The molecule has 0 fully saturated rings. The Labute approximate surface area is 111 Å². The van der Waals surface area contributed by atoms with Crippen LogP contribution in [0.25, 0.3) is 5.69 Å². The quantitative estimate of drug-likeness (QED) is 0.920. The topological polar surface area (TPSA) is 64.4 Å². The van der Waals surface area contributed by atoms with E-state index < -0.39 is 5.97 Å². The molecule has 1 aromatic heterocycles. The van der Waals surface area contributed by atoms with Crippen molar-refractivity contribution in [3.63, 3.8) is 0 Å². The van der Waals surface area contributed by atoms with E-state index in [1.54, 1.807) is 25.5 Å². The highest BCUT2D eigenvalue weighted by Crippen LogP contribution is 2.27. The van der Waals surface area contributed by atoms with Crippen molar-refractivity contribution in [2.75, 3.05) is 7.11 Å². The van der Waals surface area contributed by atoms with Crippen LogP contribution in [-0.4, -0.2) is 27.7 Å². The molecule has 100 valence electrons. The third-order valence-corrected chi connectivity index (χ3v) is 3.00. The number of hydrogen-bond donors (Lipinski definition) is 1. The molecule has 0 aliphatic heterocycles. The van der Waals surface area contributed by atoms with Gasteiger partial charge in [0.2, 0.25) is 0 Å². The fourth-order valence-electron chi connectivity index (χ4n) is 2.19. The Morgan fingerprint density at radius 3 is 2.58 bits per heavy atom. The number of methoxy groups -OCH3 is 1. The van der Waals surface area contributed by atoms with E-state index >= 15 is 0 Å². The van der Waals surface area contributed by atoms with Crippen molar-refractivity contribution < 1.29 is 14.6 Å². The van der Waals surface area contributed by atoms with Gasteiger partial charge in [0.25, 0.3) is 0 Å². The second-order valence-corrected chi connectivity index (χ2v) is 4.41. The Hall–Kier alpha value is -2.30. The molecule has 1 N–H and O–H groups in total. The second kappa shape index (κ2) is 4.76. The summed E-state index contributed by atoms with van der Waals surface area (Å²) >= 11 is 0. The fraction of sp³-hybridized carbons (Fsp3) is 0.286. The lowest BCUT2D eigenvalue weighted by molar-refractivity contribution is 0.0687. The van der Waals surface area contributed by atoms with Crippen molar-refractivity contribution in [1.29, 1.82) is 0 Å². The molecule has 0 amide bonds. The van der Waals surface area contributed by atoms with Crippen molar-refractivity contribution >= 4 is 5.97 Å². The number of aromatic nitrogens is 2. The van der Waals surface area contributed by atoms with Crippen molar-refractivity contribution in [2.45, 2.75) is 20.8 Å². The number of hydrogen-bond acceptors (Lipinski definition) is 3. The summed E-state index contributed by atoms with van der Waals surface area (Å²) in [5.74, 6) is 0.244. The van der Waals surface area contributed by atoms with Gasteiger partial charge in [-0.15, -0.1) is 0 Å². The summed E-state index contributed by atoms with van der Waals surface area (Å²) < 4.78 is 6.93. The fourth-order valence-corrected chi connectivity index (χ4v) is 2.19. The Morgan fingerprint density at radius 2 is 2.00 bits per heavy atom. The molecule has 0 aliphatic carbocycles. The van der Waals surface area contributed by atoms with Crippen LogP contribution in [0.15, 0.2) is 18.2 Å². The van der Waals surface area contributed by atoms with E-state index in [0.717, 1.165) is 5.56 Å². The Kier molecular flexibility index (Phi) is 3.29. The lowest BCUT2D eigenvalue weighted by Crippen LogP contribution is -2.10. The predicted molar refractivity (Wildman–Crippen MR) is 71.3 cm³/mol. The average Bonchev–Trinajstić information content (AvgIpc) is 2.64. The number of benzene rings is 1. The molecule has 0 atom stereocenters. The van der Waals surface area contributed by atoms with Crippen LogP contribution in [0, 0.1) is 20.8 Å². The summed E-state index contributed by atoms with van der Waals surface area (Å²) in [5, 5.41) is 9.35. The minimum atomic E-state index is -0.998. The molecule has 0 spiro atoms. The molecule has 19 heavy (non-hydrogen) atoms. The van der Waals surface area contributed by atoms with Crippen LogP contribution in [0.1, 0.15) is 27.6 Å². The summed E-state index contributed by atoms with van der Waals surface area (Å²) in [5.41, 5.74) is 2.38. The summed E-state index contributed by atoms with van der Waals surface area (Å²) in [7, 11) is 1.56. The molecule has 1 aromatic carbocycles. The number of carboxylic acids is 1. The zero-order valence-electron chi connectivity index (χ0n) is 11.4. The minimum absolute atomic E-state index is 0.168. The van der Waals surface area contributed by atoms with Crippen LogP contribution in [0.4, 0.5) is 0 Å². The number of aryl methyl sites for hydroxylation is 3. The Morgan fingerprint density at radius 1 is 1.32 bits per heavy atom. The molecule has 5 heteroatoms. The maximum atomic E-state index is 11.4. The van der Waals surface area contributed by atoms with Gasteiger partial charge in [-0.2, -0.15) is 0 Å². The number of rotatable bonds is 3. The highest BCUT2D eigenvalue weighted by Gasteiger charge is 2.21. The zero-order valence-corrected chi connectivity index (χ0v) is 11.4. The molecule has 5 nitrogen and oxygen atoms in total. The van der Waals surface area contributed by atoms with Crippen LogP contribution in [0.3, 0.4) is 0 Å². The molecule has 0 aliphatic rings. The van der Waals surface area contributed by atoms with Crippen LogP contribution in [-0.2, 0) is 0 Å². The highest BCUT2D eigenvalue weighted by molar-refractivity contribution is 5.88. The normalized spacial score (nSPS) is 10.5. The largest absolute Gasteiger partial charge is 0.495 e. The van der Waals surface area contributed by atoms with Gasteiger partial charge in [-0.05, 0) is 38.5 Å². The number of carbonyl (C=O) groups is 1. The third kappa shape index (κ3) is 2.19. The zero-order chi connectivity index (χ0) is 14.2. The monoisotopic (exact) mass is 260 g/mol. The van der Waals surface area contributed by atoms with Gasteiger partial charge < -0.3 is 9.84 Å². The van der Waals surface area contributed by atoms with E-state index in [1.807, 2.05) is 25.1 Å². The third-order valence-electron chi connectivity index (χ3n) is 3.00. The number of carboxylic acid groups (broad SMARTS) is 1. The average molecular weight is 260 g/mol. The van der Waals surface area contributed by atoms with Crippen molar-refractivity contribution in [3.8, 4) is 11.4 Å². The molecule has 2 aromatic rings. The lowest BCUT2D eigenvalue weighted by atomic mass is 10.2. The molecule has 0 bridgehead atoms. The van der Waals surface area contributed by atoms with Gasteiger partial charge >= 0.3 is 5.97 Å². The first kappa shape index (κ1) is 13.1. The van der Waals surface area contributed by atoms with Gasteiger partial charge in [0.15, 0.2) is 5.69 Å². The molecule has 0 saturated heterocycles. The number of nitrogens with zero attached hydrogens (tertiary/aromatic N) is 2. The number of imidazole rings is 1. The molecule has 2 rings (SSSR count). The van der Waals surface area contributed by atoms with Crippen LogP contribution < -0.4 is 4.74 Å². The molecular formula is C14H16N2O3. The number of ether oxygens (including phenoxy) is 1. The van der Waals surface area contributed by atoms with Gasteiger partial charge in [-0.1, -0.05) is 6.07 Å². The Balaban J connectivity index is 2.78. The first-order chi connectivity index (χ1) is 8.95. The molecule has 0 unspecified atom stereocenters. The summed E-state index contributed by atoms with van der Waals surface area (Å²) in [6.45, 7) is 5.42. The lowest BCUT2D eigenvalue weighted by Gasteiger charge is -2.13. The van der Waals surface area contributed by atoms with Gasteiger partial charge in [-0.3, -0.25) is 4.57 Å². The van der Waals surface area contributed by atoms with E-state index in [0.29, 0.717) is 23.0 Å². The molecule has 1 heterocycles. The van der Waals surface area contributed by atoms with Crippen LogP contribution in [0.5, 0.6) is 5.75 Å². The van der Waals surface area contributed by atoms with Gasteiger partial charge in [0.1, 0.15) is 11.6 Å². The van der Waals surface area contributed by atoms with E-state index in [4.69, 9.17) is 4.74 Å². The minimum Gasteiger partial charge on any atom is -0.495 e. The predicted octanol–water partition coefficient (Wildman–Crippen LogP) is 2.50. The van der Waals surface area contributed by atoms with E-state index in [9.17, 15) is 9.90 Å². The molecular weight excluding hydrogens is 244 g/mol. The van der Waals surface area contributed by atoms with Gasteiger partial charge in [0, 0.05) is 0 Å². The summed E-state index contributed by atoms with van der Waals surface area (Å²) in [4.78, 5) is 15.7. The summed E-state index contributed by atoms with van der Waals surface area (Å²) in [6, 6.07) is 5.63. The van der Waals surface area contributed by atoms with Crippen LogP contribution in [0.2, 0.25) is 0 Å². The van der Waals surface area contributed by atoms with Gasteiger partial charge in [-0.25, -0.2) is 9.78 Å². The van der Waals surface area contributed by atoms with E-state index in [2.05, 4.69) is 4.98 Å². The number of aromatic carboxylic acids is 1. The standard InChI is InChI=1S/C14H16N2O3/c1-8-5-6-12(19-4)11(7-8)16-10(3)15-9(2)13(16)14(17)18/h5-7H,1-4H3,(H,17,18). The maximum absolute atomic E-state index is 11.4. The van der Waals surface area contributed by atoms with Crippen molar-refractivity contribution in [1.82, 2.24) is 9.55 Å². The Bertz CT molecular complexity index is 644. The smallest absolute Gasteiger partial charge is 0.354 e. The first-order valence-corrected chi connectivity index (χ1v) is 5.90. The highest BCUT2D eigenvalue weighted by atomic mass is 16.5. The van der Waals surface area contributed by atoms with E-state index in [1.165, 1.54) is 0 Å². The van der Waals surface area contributed by atoms with Crippen molar-refractivity contribution in [2.24, 2.45) is 0 Å². The SMILES string of the molecule is COc1ccc(C)cc1-n1c(C)nc(C)c1C(=O)O. The first-order valence-electron chi connectivity index (χ1n) is 5.90. The van der Waals surface area contributed by atoms with Gasteiger partial charge in [0.05, 0.1) is 18.5 Å². The second-order valence-electron chi connectivity index (χ2n) is 4.41. The van der Waals surface area contributed by atoms with E-state index in [-0.39, 0.29) is 5.69 Å².